The van der Waals surface area contributed by atoms with Crippen molar-refractivity contribution in [2.45, 2.75) is 12.8 Å². The van der Waals surface area contributed by atoms with Crippen LogP contribution < -0.4 is 0 Å². The molecule has 2 N–H and O–H groups in total. The van der Waals surface area contributed by atoms with Crippen molar-refractivity contribution < 1.29 is 0 Å². The lowest BCUT2D eigenvalue weighted by molar-refractivity contribution is 0.882. The monoisotopic (exact) mass is 630 g/mol. The van der Waals surface area contributed by atoms with Crippen LogP contribution in [0.3, 0.4) is 0 Å². The predicted octanol–water partition coefficient (Wildman–Crippen LogP) is 11.3. The van der Waals surface area contributed by atoms with E-state index < -0.39 is 0 Å². The highest BCUT2D eigenvalue weighted by atomic mass is 15.3. The van der Waals surface area contributed by atoms with Gasteiger partial charge in [0.25, 0.3) is 0 Å². The zero-order chi connectivity index (χ0) is 32.7. The summed E-state index contributed by atoms with van der Waals surface area (Å²) in [5.41, 5.74) is 14.6. The summed E-state index contributed by atoms with van der Waals surface area (Å²) >= 11 is 0. The summed E-state index contributed by atoms with van der Waals surface area (Å²) in [6.07, 6.45) is 2.25. The van der Waals surface area contributed by atoms with E-state index >= 15 is 0 Å². The predicted molar refractivity (Wildman–Crippen MR) is 202 cm³/mol. The minimum absolute atomic E-state index is 0.202. The molecule has 234 valence electrons. The average Bonchev–Trinajstić information content (AvgIpc) is 3.89. The molecule has 3 aromatic heterocycles. The topological polar surface area (TPSA) is 49.4 Å². The Hall–Kier alpha value is -6.39. The third-order valence-electron chi connectivity index (χ3n) is 9.59. The van der Waals surface area contributed by atoms with Crippen LogP contribution in [0.1, 0.15) is 28.2 Å². The van der Waals surface area contributed by atoms with Crippen molar-refractivity contribution in [3.63, 3.8) is 0 Å². The van der Waals surface area contributed by atoms with Gasteiger partial charge in [-0.2, -0.15) is 5.10 Å². The molecule has 4 heteroatoms. The molecule has 3 heterocycles. The molecule has 0 radical (unpaired) electrons. The molecule has 0 aliphatic carbocycles. The number of hydrogen-bond donors (Lipinski definition) is 2. The van der Waals surface area contributed by atoms with Gasteiger partial charge in [-0.05, 0) is 53.4 Å². The van der Waals surface area contributed by atoms with E-state index in [1.54, 1.807) is 0 Å². The standard InChI is InChI=1S/C45H34N4/c1-30-25-27-33(28-26-30)43-37(29-49(48-43)34-19-9-4-10-20-34)40(41-35-21-11-13-23-38(35)46-44(41)31-15-5-2-6-16-31)42-36-22-12-14-24-39(36)47-45(42)32-17-7-3-8-18-32/h2-29,40,46-47H,1H3. The number of fused-ring (bicyclic) bond motifs is 2. The third kappa shape index (κ3) is 5.06. The Labute approximate surface area is 285 Å². The second-order valence-corrected chi connectivity index (χ2v) is 12.7. The van der Waals surface area contributed by atoms with Gasteiger partial charge in [-0.1, -0.05) is 145 Å². The average molecular weight is 631 g/mol. The maximum absolute atomic E-state index is 5.38. The number of aryl methyl sites for hydroxylation is 1. The van der Waals surface area contributed by atoms with E-state index in [0.717, 1.165) is 56.1 Å². The maximum Gasteiger partial charge on any atom is 0.0969 e. The second-order valence-electron chi connectivity index (χ2n) is 12.7. The smallest absolute Gasteiger partial charge is 0.0969 e. The van der Waals surface area contributed by atoms with Crippen molar-refractivity contribution in [1.82, 2.24) is 19.7 Å². The number of aromatic nitrogens is 4. The first-order valence-electron chi connectivity index (χ1n) is 16.8. The Bertz CT molecular complexity index is 2420. The Balaban J connectivity index is 1.45. The quantitative estimate of drug-likeness (QED) is 0.181. The number of nitrogens with one attached hydrogen (secondary N) is 2. The first-order valence-corrected chi connectivity index (χ1v) is 16.8. The number of H-pyrrole nitrogens is 2. The fourth-order valence-corrected chi connectivity index (χ4v) is 7.29. The summed E-state index contributed by atoms with van der Waals surface area (Å²) < 4.78 is 2.05. The summed E-state index contributed by atoms with van der Waals surface area (Å²) in [5, 5.41) is 7.77. The zero-order valence-electron chi connectivity index (χ0n) is 27.1. The van der Waals surface area contributed by atoms with E-state index in [-0.39, 0.29) is 5.92 Å². The zero-order valence-corrected chi connectivity index (χ0v) is 27.1. The molecular weight excluding hydrogens is 597 g/mol. The second kappa shape index (κ2) is 12.0. The largest absolute Gasteiger partial charge is 0.354 e. The minimum atomic E-state index is -0.202. The van der Waals surface area contributed by atoms with Gasteiger partial charge in [0.2, 0.25) is 0 Å². The van der Waals surface area contributed by atoms with Crippen molar-refractivity contribution >= 4 is 21.8 Å². The van der Waals surface area contributed by atoms with Crippen LogP contribution in [0.4, 0.5) is 0 Å². The third-order valence-corrected chi connectivity index (χ3v) is 9.59. The number of nitrogens with zero attached hydrogens (tertiary/aromatic N) is 2. The van der Waals surface area contributed by atoms with E-state index in [1.165, 1.54) is 27.5 Å². The summed E-state index contributed by atoms with van der Waals surface area (Å²) in [7, 11) is 0. The molecule has 0 saturated carbocycles. The van der Waals surface area contributed by atoms with Gasteiger partial charge in [-0.15, -0.1) is 0 Å². The van der Waals surface area contributed by atoms with Gasteiger partial charge in [-0.25, -0.2) is 4.68 Å². The molecule has 49 heavy (non-hydrogen) atoms. The van der Waals surface area contributed by atoms with Crippen molar-refractivity contribution in [3.8, 4) is 39.5 Å². The Morgan fingerprint density at radius 3 is 1.49 bits per heavy atom. The molecule has 0 aliphatic rings. The summed E-state index contributed by atoms with van der Waals surface area (Å²) in [6.45, 7) is 2.13. The number of hydrogen-bond acceptors (Lipinski definition) is 1. The van der Waals surface area contributed by atoms with E-state index in [9.17, 15) is 0 Å². The fraction of sp³-hybridized carbons (Fsp3) is 0.0444. The Morgan fingerprint density at radius 2 is 0.959 bits per heavy atom. The van der Waals surface area contributed by atoms with Gasteiger partial charge in [0.1, 0.15) is 0 Å². The molecule has 0 bridgehead atoms. The lowest BCUT2D eigenvalue weighted by atomic mass is 9.79. The molecule has 0 aliphatic heterocycles. The summed E-state index contributed by atoms with van der Waals surface area (Å²) in [5.74, 6) is -0.202. The molecule has 9 rings (SSSR count). The van der Waals surface area contributed by atoms with Crippen LogP contribution in [0, 0.1) is 6.92 Å². The molecule has 0 spiro atoms. The highest BCUT2D eigenvalue weighted by molar-refractivity contribution is 5.98. The SMILES string of the molecule is Cc1ccc(-c2nn(-c3ccccc3)cc2C(c2c(-c3ccccc3)[nH]c3ccccc23)c2c(-c3ccccc3)[nH]c3ccccc23)cc1. The first-order chi connectivity index (χ1) is 24.2. The number of para-hydroxylation sites is 3. The molecule has 0 unspecified atom stereocenters. The van der Waals surface area contributed by atoms with Gasteiger partial charge in [0.15, 0.2) is 0 Å². The molecule has 0 atom stereocenters. The molecule has 0 amide bonds. The Morgan fingerprint density at radius 1 is 0.490 bits per heavy atom. The van der Waals surface area contributed by atoms with Gasteiger partial charge < -0.3 is 9.97 Å². The summed E-state index contributed by atoms with van der Waals surface area (Å²) in [6, 6.07) is 58.0. The van der Waals surface area contributed by atoms with E-state index in [4.69, 9.17) is 5.10 Å². The molecule has 0 saturated heterocycles. The lowest BCUT2D eigenvalue weighted by Gasteiger charge is -2.22. The maximum atomic E-state index is 5.38. The van der Waals surface area contributed by atoms with E-state index in [1.807, 2.05) is 10.7 Å². The Kier molecular flexibility index (Phi) is 7.06. The fourth-order valence-electron chi connectivity index (χ4n) is 7.29. The van der Waals surface area contributed by atoms with Crippen LogP contribution in [0.2, 0.25) is 0 Å². The first kappa shape index (κ1) is 28.8. The van der Waals surface area contributed by atoms with Crippen LogP contribution in [0.15, 0.2) is 170 Å². The number of rotatable bonds is 7. The van der Waals surface area contributed by atoms with Gasteiger partial charge in [0, 0.05) is 45.0 Å². The van der Waals surface area contributed by atoms with Gasteiger partial charge in [0.05, 0.1) is 22.8 Å². The lowest BCUT2D eigenvalue weighted by Crippen LogP contribution is -2.07. The van der Waals surface area contributed by atoms with E-state index in [2.05, 4.69) is 181 Å². The highest BCUT2D eigenvalue weighted by Crippen LogP contribution is 2.49. The van der Waals surface area contributed by atoms with Gasteiger partial charge in [-0.3, -0.25) is 0 Å². The van der Waals surface area contributed by atoms with Crippen LogP contribution in [-0.4, -0.2) is 19.7 Å². The van der Waals surface area contributed by atoms with E-state index in [0.29, 0.717) is 0 Å². The summed E-state index contributed by atoms with van der Waals surface area (Å²) in [4.78, 5) is 7.74. The number of benzene rings is 6. The van der Waals surface area contributed by atoms with Crippen molar-refractivity contribution in [2.24, 2.45) is 0 Å². The molecular formula is C45H34N4. The van der Waals surface area contributed by atoms with Crippen molar-refractivity contribution in [2.75, 3.05) is 0 Å². The minimum Gasteiger partial charge on any atom is -0.354 e. The number of aromatic amines is 2. The van der Waals surface area contributed by atoms with Crippen LogP contribution in [0.25, 0.3) is 61.3 Å². The molecule has 9 aromatic rings. The van der Waals surface area contributed by atoms with Crippen LogP contribution in [0.5, 0.6) is 0 Å². The van der Waals surface area contributed by atoms with Gasteiger partial charge >= 0.3 is 0 Å². The van der Waals surface area contributed by atoms with Crippen molar-refractivity contribution in [1.29, 1.82) is 0 Å². The van der Waals surface area contributed by atoms with Crippen LogP contribution >= 0.6 is 0 Å². The normalized spacial score (nSPS) is 11.6. The molecule has 4 nitrogen and oxygen atoms in total. The highest BCUT2D eigenvalue weighted by Gasteiger charge is 2.33. The van der Waals surface area contributed by atoms with Crippen LogP contribution in [-0.2, 0) is 0 Å². The molecule has 6 aromatic carbocycles. The van der Waals surface area contributed by atoms with Crippen molar-refractivity contribution in [3.05, 3.63) is 192 Å². The molecule has 0 fully saturated rings.